The summed E-state index contributed by atoms with van der Waals surface area (Å²) in [7, 11) is 0. The van der Waals surface area contributed by atoms with Gasteiger partial charge in [0.1, 0.15) is 5.75 Å². The van der Waals surface area contributed by atoms with E-state index in [0.717, 1.165) is 29.7 Å². The van der Waals surface area contributed by atoms with E-state index in [1.807, 2.05) is 0 Å². The van der Waals surface area contributed by atoms with Crippen LogP contribution in [0.5, 0.6) is 0 Å². The summed E-state index contributed by atoms with van der Waals surface area (Å²) < 4.78 is 11.8. The zero-order valence-electron chi connectivity index (χ0n) is 10.0. The molecule has 1 unspecified atom stereocenters. The van der Waals surface area contributed by atoms with E-state index in [1.165, 1.54) is 0 Å². The molecule has 0 heterocycles. The average Bonchev–Trinajstić information content (AvgIpc) is 2.29. The normalized spacial score (nSPS) is 12.4. The van der Waals surface area contributed by atoms with Gasteiger partial charge in [-0.2, -0.15) is 0 Å². The van der Waals surface area contributed by atoms with Crippen molar-refractivity contribution in [3.05, 3.63) is 29.8 Å². The molecule has 1 aromatic rings. The van der Waals surface area contributed by atoms with E-state index in [-0.39, 0.29) is 6.42 Å². The topological polar surface area (TPSA) is 60.4 Å². The van der Waals surface area contributed by atoms with Crippen LogP contribution in [0.3, 0.4) is 0 Å². The molecule has 0 bridgehead atoms. The highest BCUT2D eigenvalue weighted by atomic mass is 32.2. The van der Waals surface area contributed by atoms with Gasteiger partial charge >= 0.3 is 5.97 Å². The Kier molecular flexibility index (Phi) is 6.08. The number of benzene rings is 1. The zero-order valence-corrected chi connectivity index (χ0v) is 10.8. The molecule has 1 aromatic carbocycles. The first-order valence-corrected chi connectivity index (χ1v) is 7.14. The molecule has 1 N–H and O–H groups in total. The summed E-state index contributed by atoms with van der Waals surface area (Å²) in [4.78, 5) is 11.3. The summed E-state index contributed by atoms with van der Waals surface area (Å²) in [5.74, 6) is -0.159. The van der Waals surface area contributed by atoms with E-state index in [1.54, 1.807) is 24.3 Å². The Labute approximate surface area is 105 Å². The van der Waals surface area contributed by atoms with Crippen molar-refractivity contribution in [2.24, 2.45) is 0 Å². The maximum absolute atomic E-state index is 11.8. The molecular weight excluding hydrogens is 236 g/mol. The predicted molar refractivity (Wildman–Crippen MR) is 68.6 cm³/mol. The van der Waals surface area contributed by atoms with Gasteiger partial charge in [0.25, 0.3) is 0 Å². The van der Waals surface area contributed by atoms with Gasteiger partial charge in [0.2, 0.25) is 0 Å². The minimum atomic E-state index is -0.953. The van der Waals surface area contributed by atoms with Gasteiger partial charge < -0.3 is 9.66 Å². The van der Waals surface area contributed by atoms with Gasteiger partial charge in [0.05, 0.1) is 6.42 Å². The first-order valence-electron chi connectivity index (χ1n) is 5.82. The van der Waals surface area contributed by atoms with Crippen molar-refractivity contribution in [2.75, 3.05) is 5.75 Å². The van der Waals surface area contributed by atoms with Crippen LogP contribution in [0.15, 0.2) is 29.2 Å². The van der Waals surface area contributed by atoms with E-state index in [2.05, 4.69) is 6.92 Å². The molecule has 0 saturated carbocycles. The van der Waals surface area contributed by atoms with Crippen LogP contribution < -0.4 is 0 Å². The lowest BCUT2D eigenvalue weighted by atomic mass is 10.2. The largest absolute Gasteiger partial charge is 0.611 e. The molecule has 0 aromatic heterocycles. The molecule has 0 amide bonds. The average molecular weight is 254 g/mol. The zero-order chi connectivity index (χ0) is 12.7. The number of rotatable bonds is 7. The SMILES string of the molecule is CCCCC[S+]([O-])c1ccc(CC(=O)O)cc1. The Morgan fingerprint density at radius 2 is 1.94 bits per heavy atom. The first-order chi connectivity index (χ1) is 8.13. The monoisotopic (exact) mass is 254 g/mol. The smallest absolute Gasteiger partial charge is 0.307 e. The molecule has 94 valence electrons. The molecule has 0 fully saturated rings. The van der Waals surface area contributed by atoms with Crippen molar-refractivity contribution in [1.82, 2.24) is 0 Å². The van der Waals surface area contributed by atoms with Crippen LogP contribution >= 0.6 is 0 Å². The summed E-state index contributed by atoms with van der Waals surface area (Å²) in [5, 5.41) is 8.63. The fourth-order valence-electron chi connectivity index (χ4n) is 1.53. The van der Waals surface area contributed by atoms with Crippen molar-refractivity contribution in [2.45, 2.75) is 37.5 Å². The maximum Gasteiger partial charge on any atom is 0.307 e. The molecule has 3 nitrogen and oxygen atoms in total. The molecule has 0 radical (unpaired) electrons. The lowest BCUT2D eigenvalue weighted by Gasteiger charge is -2.10. The number of unbranched alkanes of at least 4 members (excludes halogenated alkanes) is 2. The third-order valence-corrected chi connectivity index (χ3v) is 3.93. The molecule has 0 aliphatic rings. The summed E-state index contributed by atoms with van der Waals surface area (Å²) >= 11 is -0.953. The minimum absolute atomic E-state index is 0.0166. The standard InChI is InChI=1S/C13H18O3S/c1-2-3-4-9-17(16)12-7-5-11(6-8-12)10-13(14)15/h5-8H,2-4,9-10H2,1H3,(H,14,15). The van der Waals surface area contributed by atoms with Gasteiger partial charge in [-0.1, -0.05) is 25.5 Å². The van der Waals surface area contributed by atoms with Crippen molar-refractivity contribution in [1.29, 1.82) is 0 Å². The summed E-state index contributed by atoms with van der Waals surface area (Å²) in [6.07, 6.45) is 3.21. The van der Waals surface area contributed by atoms with Crippen molar-refractivity contribution in [3.8, 4) is 0 Å². The predicted octanol–water partition coefficient (Wildman–Crippen LogP) is 2.61. The molecule has 0 aliphatic heterocycles. The quantitative estimate of drug-likeness (QED) is 0.601. The fourth-order valence-corrected chi connectivity index (χ4v) is 2.68. The van der Waals surface area contributed by atoms with Crippen LogP contribution in [0.1, 0.15) is 31.7 Å². The van der Waals surface area contributed by atoms with Crippen LogP contribution in [-0.4, -0.2) is 21.4 Å². The van der Waals surface area contributed by atoms with Crippen LogP contribution in [0.2, 0.25) is 0 Å². The van der Waals surface area contributed by atoms with Gasteiger partial charge in [-0.25, -0.2) is 0 Å². The second kappa shape index (κ2) is 7.35. The summed E-state index contributed by atoms with van der Waals surface area (Å²) in [6, 6.07) is 7.00. The number of hydrogen-bond donors (Lipinski definition) is 1. The van der Waals surface area contributed by atoms with Gasteiger partial charge in [-0.05, 0) is 41.7 Å². The first kappa shape index (κ1) is 14.1. The molecule has 4 heteroatoms. The second-order valence-electron chi connectivity index (χ2n) is 3.97. The Hall–Kier alpha value is -1.00. The van der Waals surface area contributed by atoms with Gasteiger partial charge in [-0.15, -0.1) is 0 Å². The minimum Gasteiger partial charge on any atom is -0.611 e. The fraction of sp³-hybridized carbons (Fsp3) is 0.462. The van der Waals surface area contributed by atoms with Crippen molar-refractivity contribution < 1.29 is 14.5 Å². The van der Waals surface area contributed by atoms with Gasteiger partial charge in [0.15, 0.2) is 4.90 Å². The number of carbonyl (C=O) groups is 1. The number of carboxylic acids is 1. The summed E-state index contributed by atoms with van der Waals surface area (Å²) in [5.41, 5.74) is 0.742. The Bertz CT molecular complexity index is 348. The Balaban J connectivity index is 2.51. The van der Waals surface area contributed by atoms with Crippen LogP contribution in [0.25, 0.3) is 0 Å². The van der Waals surface area contributed by atoms with Crippen LogP contribution in [0, 0.1) is 0 Å². The van der Waals surface area contributed by atoms with E-state index in [0.29, 0.717) is 5.75 Å². The molecule has 0 spiro atoms. The third-order valence-electron chi connectivity index (χ3n) is 2.47. The van der Waals surface area contributed by atoms with Gasteiger partial charge in [-0.3, -0.25) is 4.79 Å². The molecular formula is C13H18O3S. The maximum atomic E-state index is 11.8. The lowest BCUT2D eigenvalue weighted by Crippen LogP contribution is -2.07. The van der Waals surface area contributed by atoms with E-state index >= 15 is 0 Å². The highest BCUT2D eigenvalue weighted by Gasteiger charge is 2.10. The molecule has 1 atom stereocenters. The highest BCUT2D eigenvalue weighted by molar-refractivity contribution is 7.91. The highest BCUT2D eigenvalue weighted by Crippen LogP contribution is 2.14. The Morgan fingerprint density at radius 3 is 2.47 bits per heavy atom. The Morgan fingerprint density at radius 1 is 1.29 bits per heavy atom. The van der Waals surface area contributed by atoms with Crippen molar-refractivity contribution >= 4 is 17.1 Å². The third kappa shape index (κ3) is 5.24. The molecule has 0 aliphatic carbocycles. The molecule has 0 saturated heterocycles. The number of hydrogen-bond acceptors (Lipinski definition) is 2. The summed E-state index contributed by atoms with van der Waals surface area (Å²) in [6.45, 7) is 2.11. The lowest BCUT2D eigenvalue weighted by molar-refractivity contribution is -0.136. The van der Waals surface area contributed by atoms with E-state index in [9.17, 15) is 9.35 Å². The van der Waals surface area contributed by atoms with Crippen LogP contribution in [-0.2, 0) is 22.4 Å². The molecule has 1 rings (SSSR count). The van der Waals surface area contributed by atoms with E-state index in [4.69, 9.17) is 5.11 Å². The number of carboxylic acid groups (broad SMARTS) is 1. The molecule has 17 heavy (non-hydrogen) atoms. The van der Waals surface area contributed by atoms with Crippen molar-refractivity contribution in [3.63, 3.8) is 0 Å². The van der Waals surface area contributed by atoms with Crippen LogP contribution in [0.4, 0.5) is 0 Å². The van der Waals surface area contributed by atoms with E-state index < -0.39 is 17.1 Å². The number of aliphatic carboxylic acids is 1. The van der Waals surface area contributed by atoms with Gasteiger partial charge in [0, 0.05) is 0 Å². The second-order valence-corrected chi connectivity index (χ2v) is 5.54.